The van der Waals surface area contributed by atoms with Gasteiger partial charge in [0.1, 0.15) is 5.75 Å². The topological polar surface area (TPSA) is 63.0 Å². The standard InChI is InChI=1S/C12H9ClIN3O2/c1-2-10(18)15-8-4-3-5-9(6-8)19-11-7-14-17-12(13)16-11/h2-7H,1H2,(H,15,18). The Bertz CT molecular complexity index is 611. The number of halogens is 2. The lowest BCUT2D eigenvalue weighted by molar-refractivity contribution is -0.111. The van der Waals surface area contributed by atoms with Gasteiger partial charge >= 0.3 is 0 Å². The van der Waals surface area contributed by atoms with Crippen LogP contribution in [-0.4, -0.2) is 11.2 Å². The van der Waals surface area contributed by atoms with E-state index in [4.69, 9.17) is 16.3 Å². The molecule has 0 saturated carbocycles. The van der Waals surface area contributed by atoms with Crippen LogP contribution in [-0.2, 0) is 4.79 Å². The summed E-state index contributed by atoms with van der Waals surface area (Å²) in [5.41, 5.74) is 0.619. The Balaban J connectivity index is 2.11. The van der Waals surface area contributed by atoms with Gasteiger partial charge in [-0.1, -0.05) is 12.6 Å². The van der Waals surface area contributed by atoms with Gasteiger partial charge in [0.05, 0.1) is 4.08 Å². The molecule has 2 rings (SSSR count). The number of amides is 1. The van der Waals surface area contributed by atoms with Gasteiger partial charge in [0.25, 0.3) is 0 Å². The predicted molar refractivity (Wildman–Crippen MR) is 83.7 cm³/mol. The number of hydrogen-bond donors (Lipinski definition) is 1. The lowest BCUT2D eigenvalue weighted by Crippen LogP contribution is -2.07. The molecule has 1 aromatic rings. The quantitative estimate of drug-likeness (QED) is 0.484. The van der Waals surface area contributed by atoms with Crippen LogP contribution < -0.4 is 10.1 Å². The minimum atomic E-state index is -0.497. The van der Waals surface area contributed by atoms with Crippen LogP contribution in [0.3, 0.4) is 0 Å². The van der Waals surface area contributed by atoms with Gasteiger partial charge in [-0.15, -0.1) is 0 Å². The van der Waals surface area contributed by atoms with E-state index in [1.807, 2.05) is 4.08 Å². The maximum Gasteiger partial charge on any atom is 0.247 e. The minimum Gasteiger partial charge on any atom is -0.438 e. The molecule has 1 aliphatic rings. The van der Waals surface area contributed by atoms with E-state index in [1.165, 1.54) is 6.08 Å². The molecule has 0 radical (unpaired) electrons. The summed E-state index contributed by atoms with van der Waals surface area (Å²) in [7, 11) is 0. The number of ether oxygens (including phenoxy) is 1. The van der Waals surface area contributed by atoms with Crippen molar-refractivity contribution in [1.29, 1.82) is 0 Å². The van der Waals surface area contributed by atoms with Gasteiger partial charge in [0, 0.05) is 32.8 Å². The van der Waals surface area contributed by atoms with Gasteiger partial charge in [0.15, 0.2) is 0 Å². The van der Waals surface area contributed by atoms with Crippen LogP contribution in [0.2, 0.25) is 0 Å². The molecule has 0 unspecified atom stereocenters. The zero-order valence-electron chi connectivity index (χ0n) is 9.64. The van der Waals surface area contributed by atoms with Crippen LogP contribution in [0, 0.1) is 0 Å². The molecule has 0 aromatic heterocycles. The monoisotopic (exact) mass is 389 g/mol. The normalized spacial score (nSPS) is 13.7. The maximum absolute atomic E-state index is 11.2. The molecule has 0 aliphatic carbocycles. The second-order valence-corrected chi connectivity index (χ2v) is 5.33. The first-order chi connectivity index (χ1) is 9.17. The van der Waals surface area contributed by atoms with E-state index >= 15 is 0 Å². The van der Waals surface area contributed by atoms with E-state index in [-0.39, 0.29) is 11.2 Å². The number of carbonyl (C=O) groups excluding carboxylic acids is 1. The van der Waals surface area contributed by atoms with Crippen LogP contribution in [0.4, 0.5) is 5.69 Å². The summed E-state index contributed by atoms with van der Waals surface area (Å²) < 4.78 is 11.4. The number of carbonyl (C=O) groups is 1. The molecule has 19 heavy (non-hydrogen) atoms. The second-order valence-electron chi connectivity index (χ2n) is 3.33. The Morgan fingerprint density at radius 2 is 2.37 bits per heavy atom. The maximum atomic E-state index is 11.2. The van der Waals surface area contributed by atoms with Crippen LogP contribution >= 0.6 is 32.6 Å². The van der Waals surface area contributed by atoms with E-state index < -0.39 is 21.0 Å². The summed E-state index contributed by atoms with van der Waals surface area (Å²) in [5, 5.41) is 2.86. The first-order valence-corrected chi connectivity index (χ1v) is 7.75. The second kappa shape index (κ2) is 6.58. The summed E-state index contributed by atoms with van der Waals surface area (Å²) in [6.45, 7) is 3.39. The largest absolute Gasteiger partial charge is 0.438 e. The fraction of sp³-hybridized carbons (Fsp3) is 0. The average Bonchev–Trinajstić information content (AvgIpc) is 2.39. The molecule has 1 heterocycles. The first kappa shape index (κ1) is 13.9. The fourth-order valence-electron chi connectivity index (χ4n) is 1.24. The molecule has 1 N–H and O–H groups in total. The molecule has 0 bridgehead atoms. The Hall–Kier alpha value is -1.54. The summed E-state index contributed by atoms with van der Waals surface area (Å²) in [4.78, 5) is 15.2. The Labute approximate surface area is 125 Å². The highest BCUT2D eigenvalue weighted by atomic mass is 127. The van der Waals surface area contributed by atoms with Crippen LogP contribution in [0.1, 0.15) is 0 Å². The number of amidine groups is 1. The highest BCUT2D eigenvalue weighted by Crippen LogP contribution is 2.24. The third-order valence-corrected chi connectivity index (χ3v) is 3.97. The molecule has 0 spiro atoms. The Kier molecular flexibility index (Phi) is 4.80. The highest BCUT2D eigenvalue weighted by molar-refractivity contribution is 14.2. The Morgan fingerprint density at radius 1 is 1.53 bits per heavy atom. The van der Waals surface area contributed by atoms with Gasteiger partial charge in [0.2, 0.25) is 17.1 Å². The lowest BCUT2D eigenvalue weighted by Gasteiger charge is -2.08. The number of hydrogen-bond acceptors (Lipinski definition) is 4. The molecule has 1 amide bonds. The molecule has 0 fully saturated rings. The zero-order chi connectivity index (χ0) is 13.7. The van der Waals surface area contributed by atoms with E-state index in [0.29, 0.717) is 17.3 Å². The molecule has 0 atom stereocenters. The minimum absolute atomic E-state index is 0.210. The molecule has 1 aliphatic heterocycles. The van der Waals surface area contributed by atoms with E-state index in [1.54, 1.807) is 24.3 Å². The number of nitrogens with one attached hydrogen (secondary N) is 1. The van der Waals surface area contributed by atoms with Gasteiger partial charge in [-0.25, -0.2) is 0 Å². The molecular formula is C12H9ClIN3O2. The summed E-state index contributed by atoms with van der Waals surface area (Å²) >= 11 is 5.22. The van der Waals surface area contributed by atoms with Crippen molar-refractivity contribution >= 4 is 49.5 Å². The first-order valence-electron chi connectivity index (χ1n) is 5.17. The number of rotatable bonds is 4. The number of nitrogens with zero attached hydrogens (tertiary/aromatic N) is 2. The van der Waals surface area contributed by atoms with Gasteiger partial charge in [-0.3, -0.25) is 4.79 Å². The van der Waals surface area contributed by atoms with Crippen LogP contribution in [0.15, 0.2) is 55.0 Å². The molecule has 5 nitrogen and oxygen atoms in total. The van der Waals surface area contributed by atoms with Crippen LogP contribution in [0.5, 0.6) is 5.75 Å². The third-order valence-electron chi connectivity index (χ3n) is 1.97. The van der Waals surface area contributed by atoms with E-state index in [2.05, 4.69) is 20.0 Å². The van der Waals surface area contributed by atoms with Crippen molar-refractivity contribution in [2.75, 3.05) is 5.32 Å². The average molecular weight is 390 g/mol. The number of benzene rings is 1. The van der Waals surface area contributed by atoms with Gasteiger partial charge in [-0.05, 0) is 29.8 Å². The molecule has 98 valence electrons. The predicted octanol–water partition coefficient (Wildman–Crippen LogP) is 3.75. The van der Waals surface area contributed by atoms with Crippen molar-refractivity contribution in [3.8, 4) is 5.75 Å². The summed E-state index contributed by atoms with van der Waals surface area (Å²) in [5.74, 6) is 0.715. The van der Waals surface area contributed by atoms with Crippen LogP contribution in [0.25, 0.3) is 0 Å². The lowest BCUT2D eigenvalue weighted by atomic mass is 10.3. The summed E-state index contributed by atoms with van der Waals surface area (Å²) in [6, 6.07) is 6.97. The molecule has 7 heteroatoms. The molecule has 0 saturated heterocycles. The van der Waals surface area contributed by atoms with Crippen molar-refractivity contribution in [1.82, 2.24) is 0 Å². The summed E-state index contributed by atoms with van der Waals surface area (Å²) in [6.07, 6.45) is 1.20. The highest BCUT2D eigenvalue weighted by Gasteiger charge is 2.05. The van der Waals surface area contributed by atoms with Crippen molar-refractivity contribution in [3.63, 3.8) is 0 Å². The van der Waals surface area contributed by atoms with E-state index in [9.17, 15) is 4.79 Å². The molecular weight excluding hydrogens is 381 g/mol. The number of aliphatic imine (C=N–C) groups is 1. The molecule has 1 aromatic carbocycles. The van der Waals surface area contributed by atoms with Crippen molar-refractivity contribution in [2.24, 2.45) is 8.14 Å². The smallest absolute Gasteiger partial charge is 0.247 e. The Morgan fingerprint density at radius 3 is 3.11 bits per heavy atom. The van der Waals surface area contributed by atoms with E-state index in [0.717, 1.165) is 0 Å². The fourth-order valence-corrected chi connectivity index (χ4v) is 2.55. The number of anilines is 1. The van der Waals surface area contributed by atoms with Crippen molar-refractivity contribution in [3.05, 3.63) is 46.9 Å². The van der Waals surface area contributed by atoms with Crippen molar-refractivity contribution < 1.29 is 9.53 Å². The SMILES string of the molecule is C=CC(=O)Nc1cccc(OC2=CI=NC(Cl)=N2)c1. The van der Waals surface area contributed by atoms with Crippen molar-refractivity contribution in [2.45, 2.75) is 0 Å². The zero-order valence-corrected chi connectivity index (χ0v) is 12.6. The third kappa shape index (κ3) is 4.25. The van der Waals surface area contributed by atoms with Gasteiger partial charge in [-0.2, -0.15) is 8.14 Å². The van der Waals surface area contributed by atoms with Gasteiger partial charge < -0.3 is 10.1 Å².